The first-order valence-electron chi connectivity index (χ1n) is 6.26. The Labute approximate surface area is 130 Å². The molecule has 0 saturated carbocycles. The zero-order valence-corrected chi connectivity index (χ0v) is 12.8. The number of amides is 1. The fourth-order valence-electron chi connectivity index (χ4n) is 2.03. The minimum atomic E-state index is -0.229. The molecule has 1 amide bonds. The monoisotopic (exact) mass is 317 g/mol. The molecule has 21 heavy (non-hydrogen) atoms. The van der Waals surface area contributed by atoms with Gasteiger partial charge in [-0.25, -0.2) is 4.98 Å². The molecule has 0 saturated heterocycles. The number of aromatic nitrogens is 1. The van der Waals surface area contributed by atoms with Crippen LogP contribution < -0.4 is 11.1 Å². The Morgan fingerprint density at radius 1 is 1.29 bits per heavy atom. The predicted molar refractivity (Wildman–Crippen MR) is 88.2 cm³/mol. The molecule has 0 aliphatic rings. The van der Waals surface area contributed by atoms with E-state index >= 15 is 0 Å². The molecule has 0 spiro atoms. The van der Waals surface area contributed by atoms with Crippen LogP contribution in [0.3, 0.4) is 0 Å². The Bertz CT molecular complexity index is 824. The Balaban J connectivity index is 1.88. The van der Waals surface area contributed by atoms with Crippen molar-refractivity contribution in [3.63, 3.8) is 0 Å². The highest BCUT2D eigenvalue weighted by Gasteiger charge is 2.11. The molecule has 0 aliphatic heterocycles. The number of carbonyl (C=O) groups excluding carboxylic acids is 1. The van der Waals surface area contributed by atoms with E-state index in [9.17, 15) is 4.79 Å². The van der Waals surface area contributed by atoms with Gasteiger partial charge in [-0.05, 0) is 48.9 Å². The highest BCUT2D eigenvalue weighted by molar-refractivity contribution is 7.22. The number of aryl methyl sites for hydroxylation is 1. The van der Waals surface area contributed by atoms with E-state index in [-0.39, 0.29) is 5.91 Å². The molecule has 0 unspecified atom stereocenters. The van der Waals surface area contributed by atoms with Gasteiger partial charge in [-0.15, -0.1) is 0 Å². The number of rotatable bonds is 2. The van der Waals surface area contributed by atoms with Gasteiger partial charge in [-0.2, -0.15) is 0 Å². The third-order valence-corrected chi connectivity index (χ3v) is 4.09. The van der Waals surface area contributed by atoms with Crippen molar-refractivity contribution in [2.24, 2.45) is 0 Å². The number of carbonyl (C=O) groups is 1. The average Bonchev–Trinajstić information content (AvgIpc) is 2.78. The lowest BCUT2D eigenvalue weighted by molar-refractivity contribution is 0.102. The summed E-state index contributed by atoms with van der Waals surface area (Å²) in [6, 6.07) is 10.7. The fourth-order valence-corrected chi connectivity index (χ4v) is 3.23. The standard InChI is InChI=1S/C15H12ClN3OS/c1-8-4-9(6-10(16)5-8)14(20)19-15-18-12-3-2-11(17)7-13(12)21-15/h2-7H,17H2,1H3,(H,18,19,20). The summed E-state index contributed by atoms with van der Waals surface area (Å²) in [6.07, 6.45) is 0. The molecular weight excluding hydrogens is 306 g/mol. The lowest BCUT2D eigenvalue weighted by atomic mass is 10.1. The van der Waals surface area contributed by atoms with Crippen molar-refractivity contribution in [2.75, 3.05) is 11.1 Å². The van der Waals surface area contributed by atoms with Gasteiger partial charge in [-0.1, -0.05) is 22.9 Å². The zero-order chi connectivity index (χ0) is 15.0. The Morgan fingerprint density at radius 2 is 2.10 bits per heavy atom. The van der Waals surface area contributed by atoms with Gasteiger partial charge in [-0.3, -0.25) is 10.1 Å². The molecule has 0 aliphatic carbocycles. The number of nitrogen functional groups attached to an aromatic ring is 1. The summed E-state index contributed by atoms with van der Waals surface area (Å²) in [5, 5.41) is 3.87. The van der Waals surface area contributed by atoms with Crippen LogP contribution in [0.25, 0.3) is 10.2 Å². The van der Waals surface area contributed by atoms with Gasteiger partial charge in [0.2, 0.25) is 0 Å². The van der Waals surface area contributed by atoms with Crippen LogP contribution in [0.2, 0.25) is 5.02 Å². The molecule has 3 N–H and O–H groups in total. The normalized spacial score (nSPS) is 10.8. The van der Waals surface area contributed by atoms with Gasteiger partial charge in [0.15, 0.2) is 5.13 Å². The van der Waals surface area contributed by atoms with E-state index < -0.39 is 0 Å². The van der Waals surface area contributed by atoms with Crippen molar-refractivity contribution in [3.05, 3.63) is 52.5 Å². The van der Waals surface area contributed by atoms with E-state index in [0.717, 1.165) is 15.8 Å². The van der Waals surface area contributed by atoms with Crippen molar-refractivity contribution >= 4 is 49.9 Å². The molecule has 6 heteroatoms. The Kier molecular flexibility index (Phi) is 3.53. The Morgan fingerprint density at radius 3 is 2.86 bits per heavy atom. The molecule has 3 rings (SSSR count). The smallest absolute Gasteiger partial charge is 0.257 e. The Hall–Kier alpha value is -2.11. The first-order chi connectivity index (χ1) is 10.0. The maximum Gasteiger partial charge on any atom is 0.257 e. The van der Waals surface area contributed by atoms with E-state index in [0.29, 0.717) is 21.4 Å². The predicted octanol–water partition coefficient (Wildman–Crippen LogP) is 4.09. The number of halogens is 1. The van der Waals surface area contributed by atoms with Crippen molar-refractivity contribution < 1.29 is 4.79 Å². The van der Waals surface area contributed by atoms with Crippen LogP contribution in [-0.4, -0.2) is 10.9 Å². The third-order valence-electron chi connectivity index (χ3n) is 2.94. The molecule has 0 atom stereocenters. The van der Waals surface area contributed by atoms with Crippen molar-refractivity contribution in [1.29, 1.82) is 0 Å². The molecule has 2 aromatic carbocycles. The van der Waals surface area contributed by atoms with Crippen LogP contribution in [0.4, 0.5) is 10.8 Å². The largest absolute Gasteiger partial charge is 0.399 e. The number of nitrogens with one attached hydrogen (secondary N) is 1. The lowest BCUT2D eigenvalue weighted by Gasteiger charge is -2.03. The summed E-state index contributed by atoms with van der Waals surface area (Å²) in [4.78, 5) is 16.6. The van der Waals surface area contributed by atoms with Gasteiger partial charge >= 0.3 is 0 Å². The van der Waals surface area contributed by atoms with Gasteiger partial charge in [0.05, 0.1) is 10.2 Å². The van der Waals surface area contributed by atoms with E-state index in [2.05, 4.69) is 10.3 Å². The number of thiazole rings is 1. The number of nitrogens with two attached hydrogens (primary N) is 1. The molecule has 106 valence electrons. The maximum atomic E-state index is 12.2. The summed E-state index contributed by atoms with van der Waals surface area (Å²) in [5.41, 5.74) is 8.67. The van der Waals surface area contributed by atoms with Crippen LogP contribution in [0.5, 0.6) is 0 Å². The summed E-state index contributed by atoms with van der Waals surface area (Å²) in [5.74, 6) is -0.229. The number of hydrogen-bond donors (Lipinski definition) is 2. The van der Waals surface area contributed by atoms with Gasteiger partial charge < -0.3 is 5.73 Å². The molecule has 0 fully saturated rings. The summed E-state index contributed by atoms with van der Waals surface area (Å²) in [7, 11) is 0. The summed E-state index contributed by atoms with van der Waals surface area (Å²) < 4.78 is 0.938. The molecule has 4 nitrogen and oxygen atoms in total. The van der Waals surface area contributed by atoms with Gasteiger partial charge in [0.25, 0.3) is 5.91 Å². The summed E-state index contributed by atoms with van der Waals surface area (Å²) >= 11 is 7.36. The molecule has 1 aromatic heterocycles. The first-order valence-corrected chi connectivity index (χ1v) is 7.45. The lowest BCUT2D eigenvalue weighted by Crippen LogP contribution is -2.11. The number of fused-ring (bicyclic) bond motifs is 1. The SMILES string of the molecule is Cc1cc(Cl)cc(C(=O)Nc2nc3ccc(N)cc3s2)c1. The number of benzene rings is 2. The van der Waals surface area contributed by atoms with Crippen molar-refractivity contribution in [2.45, 2.75) is 6.92 Å². The quantitative estimate of drug-likeness (QED) is 0.699. The van der Waals surface area contributed by atoms with E-state index in [1.54, 1.807) is 24.3 Å². The molecule has 3 aromatic rings. The second kappa shape index (κ2) is 5.35. The van der Waals surface area contributed by atoms with Crippen molar-refractivity contribution in [3.8, 4) is 0 Å². The molecule has 1 heterocycles. The topological polar surface area (TPSA) is 68.0 Å². The van der Waals surface area contributed by atoms with Crippen LogP contribution in [0.15, 0.2) is 36.4 Å². The zero-order valence-electron chi connectivity index (χ0n) is 11.2. The van der Waals surface area contributed by atoms with Crippen LogP contribution in [0, 0.1) is 6.92 Å². The van der Waals surface area contributed by atoms with Crippen LogP contribution >= 0.6 is 22.9 Å². The summed E-state index contributed by atoms with van der Waals surface area (Å²) in [6.45, 7) is 1.89. The molecular formula is C15H12ClN3OS. The number of anilines is 2. The fraction of sp³-hybridized carbons (Fsp3) is 0.0667. The van der Waals surface area contributed by atoms with Crippen LogP contribution in [0.1, 0.15) is 15.9 Å². The van der Waals surface area contributed by atoms with Crippen LogP contribution in [-0.2, 0) is 0 Å². The highest BCUT2D eigenvalue weighted by Crippen LogP contribution is 2.28. The minimum Gasteiger partial charge on any atom is -0.399 e. The van der Waals surface area contributed by atoms with E-state index in [1.165, 1.54) is 11.3 Å². The van der Waals surface area contributed by atoms with E-state index in [4.69, 9.17) is 17.3 Å². The molecule has 0 bridgehead atoms. The van der Waals surface area contributed by atoms with Gasteiger partial charge in [0.1, 0.15) is 0 Å². The minimum absolute atomic E-state index is 0.229. The first kappa shape index (κ1) is 13.9. The van der Waals surface area contributed by atoms with Gasteiger partial charge in [0, 0.05) is 16.3 Å². The van der Waals surface area contributed by atoms with E-state index in [1.807, 2.05) is 19.1 Å². The average molecular weight is 318 g/mol. The number of hydrogen-bond acceptors (Lipinski definition) is 4. The highest BCUT2D eigenvalue weighted by atomic mass is 35.5. The molecule has 0 radical (unpaired) electrons. The second-order valence-corrected chi connectivity index (χ2v) is 6.18. The number of nitrogens with zero attached hydrogens (tertiary/aromatic N) is 1. The van der Waals surface area contributed by atoms with Crippen molar-refractivity contribution in [1.82, 2.24) is 4.98 Å². The third kappa shape index (κ3) is 2.99. The second-order valence-electron chi connectivity index (χ2n) is 4.72. The maximum absolute atomic E-state index is 12.2.